The maximum Gasteiger partial charge on any atom is 0.224 e. The van der Waals surface area contributed by atoms with Gasteiger partial charge in [0, 0.05) is 24.4 Å². The third-order valence-corrected chi connectivity index (χ3v) is 4.96. The maximum absolute atomic E-state index is 12.1. The smallest absolute Gasteiger partial charge is 0.224 e. The highest BCUT2D eigenvalue weighted by Crippen LogP contribution is 2.37. The molecule has 0 spiro atoms. The van der Waals surface area contributed by atoms with Gasteiger partial charge >= 0.3 is 0 Å². The van der Waals surface area contributed by atoms with Gasteiger partial charge in [0.1, 0.15) is 11.4 Å². The first-order valence-electron chi connectivity index (χ1n) is 9.48. The number of carbonyl (C=O) groups excluding carboxylic acids is 1. The van der Waals surface area contributed by atoms with E-state index in [0.29, 0.717) is 19.6 Å². The summed E-state index contributed by atoms with van der Waals surface area (Å²) in [5.74, 6) is 0.841. The molecule has 2 aromatic rings. The van der Waals surface area contributed by atoms with Gasteiger partial charge in [-0.25, -0.2) is 0 Å². The fourth-order valence-corrected chi connectivity index (χ4v) is 3.62. The summed E-state index contributed by atoms with van der Waals surface area (Å²) in [7, 11) is 0. The number of ether oxygens (including phenoxy) is 2. The second-order valence-electron chi connectivity index (χ2n) is 7.34. The molecule has 0 bridgehead atoms. The summed E-state index contributed by atoms with van der Waals surface area (Å²) in [5.41, 5.74) is 2.98. The van der Waals surface area contributed by atoms with Gasteiger partial charge in [0.25, 0.3) is 0 Å². The summed E-state index contributed by atoms with van der Waals surface area (Å²) < 4.78 is 11.4. The van der Waals surface area contributed by atoms with E-state index >= 15 is 0 Å². The first-order valence-corrected chi connectivity index (χ1v) is 9.86. The lowest BCUT2D eigenvalue weighted by Crippen LogP contribution is -2.32. The number of aliphatic hydroxyl groups excluding tert-OH is 1. The van der Waals surface area contributed by atoms with E-state index in [9.17, 15) is 4.79 Å². The molecule has 3 rings (SSSR count). The number of aliphatic hydroxyl groups is 1. The predicted molar refractivity (Wildman–Crippen MR) is 109 cm³/mol. The largest absolute Gasteiger partial charge is 0.487 e. The van der Waals surface area contributed by atoms with Crippen LogP contribution < -0.4 is 10.1 Å². The van der Waals surface area contributed by atoms with E-state index in [0.717, 1.165) is 34.7 Å². The van der Waals surface area contributed by atoms with Crippen LogP contribution in [0, 0.1) is 0 Å². The van der Waals surface area contributed by atoms with Crippen molar-refractivity contribution in [2.24, 2.45) is 0 Å². The second-order valence-corrected chi connectivity index (χ2v) is 7.77. The van der Waals surface area contributed by atoms with Crippen LogP contribution in [-0.4, -0.2) is 43.0 Å². The minimum Gasteiger partial charge on any atom is -0.487 e. The average molecular weight is 404 g/mol. The van der Waals surface area contributed by atoms with Crippen molar-refractivity contribution in [1.82, 2.24) is 5.32 Å². The van der Waals surface area contributed by atoms with E-state index in [2.05, 4.69) is 18.3 Å². The molecule has 1 heterocycles. The Kier molecular flexibility index (Phi) is 6.94. The molecule has 0 saturated heterocycles. The van der Waals surface area contributed by atoms with Crippen molar-refractivity contribution in [2.45, 2.75) is 31.8 Å². The van der Waals surface area contributed by atoms with Crippen LogP contribution in [0.25, 0.3) is 0 Å². The number of hydrogen-bond acceptors (Lipinski definition) is 4. The molecule has 1 unspecified atom stereocenters. The topological polar surface area (TPSA) is 67.8 Å². The average Bonchev–Trinajstić information content (AvgIpc) is 2.98. The van der Waals surface area contributed by atoms with Crippen molar-refractivity contribution >= 4 is 17.5 Å². The molecule has 1 aliphatic rings. The van der Waals surface area contributed by atoms with E-state index in [1.165, 1.54) is 5.56 Å². The van der Waals surface area contributed by atoms with Crippen LogP contribution in [0.1, 0.15) is 23.6 Å². The Morgan fingerprint density at radius 3 is 2.71 bits per heavy atom. The number of nitrogens with one attached hydrogen (secondary N) is 1. The normalized spacial score (nSPS) is 17.8. The molecule has 0 radical (unpaired) electrons. The minimum absolute atomic E-state index is 0.0118. The van der Waals surface area contributed by atoms with Crippen LogP contribution in [0.2, 0.25) is 5.02 Å². The SMILES string of the molecule is CC1(Cc2ccc(Cl)cc2)Cc2cc(CC(=O)NCCOCCO)ccc2O1. The Balaban J connectivity index is 1.54. The van der Waals surface area contributed by atoms with Gasteiger partial charge in [-0.15, -0.1) is 0 Å². The lowest BCUT2D eigenvalue weighted by Gasteiger charge is -2.24. The molecule has 0 saturated carbocycles. The zero-order valence-corrected chi connectivity index (χ0v) is 16.8. The highest BCUT2D eigenvalue weighted by atomic mass is 35.5. The Labute approximate surface area is 170 Å². The molecule has 1 atom stereocenters. The first-order chi connectivity index (χ1) is 13.5. The van der Waals surface area contributed by atoms with E-state index < -0.39 is 0 Å². The van der Waals surface area contributed by atoms with E-state index in [-0.39, 0.29) is 24.7 Å². The number of carbonyl (C=O) groups is 1. The fraction of sp³-hybridized carbons (Fsp3) is 0.409. The molecule has 1 amide bonds. The third-order valence-electron chi connectivity index (χ3n) is 4.71. The molecule has 0 aromatic heterocycles. The number of amides is 1. The summed E-state index contributed by atoms with van der Waals surface area (Å²) in [4.78, 5) is 12.1. The van der Waals surface area contributed by atoms with Gasteiger partial charge in [-0.1, -0.05) is 35.9 Å². The lowest BCUT2D eigenvalue weighted by molar-refractivity contribution is -0.120. The van der Waals surface area contributed by atoms with Crippen LogP contribution in [0.4, 0.5) is 0 Å². The van der Waals surface area contributed by atoms with Crippen molar-refractivity contribution < 1.29 is 19.4 Å². The molecule has 0 fully saturated rings. The van der Waals surface area contributed by atoms with Gasteiger partial charge in [0.15, 0.2) is 0 Å². The molecule has 5 nitrogen and oxygen atoms in total. The first kappa shape index (κ1) is 20.6. The maximum atomic E-state index is 12.1. The van der Waals surface area contributed by atoms with E-state index in [4.69, 9.17) is 26.2 Å². The number of hydrogen-bond donors (Lipinski definition) is 2. The van der Waals surface area contributed by atoms with Crippen molar-refractivity contribution in [1.29, 1.82) is 0 Å². The zero-order chi connectivity index (χ0) is 20.0. The van der Waals surface area contributed by atoms with Gasteiger partial charge in [-0.05, 0) is 41.8 Å². The quantitative estimate of drug-likeness (QED) is 0.632. The summed E-state index contributed by atoms with van der Waals surface area (Å²) >= 11 is 5.97. The summed E-state index contributed by atoms with van der Waals surface area (Å²) in [6.45, 7) is 3.22. The molecular formula is C22H26ClNO4. The van der Waals surface area contributed by atoms with Crippen LogP contribution in [0.15, 0.2) is 42.5 Å². The fourth-order valence-electron chi connectivity index (χ4n) is 3.49. The van der Waals surface area contributed by atoms with E-state index in [1.807, 2.05) is 36.4 Å². The second kappa shape index (κ2) is 9.41. The standard InChI is InChI=1S/C22H26ClNO4/c1-22(14-16-2-5-19(23)6-3-16)15-18-12-17(4-7-20(18)28-22)13-21(26)24-8-10-27-11-9-25/h2-7,12,25H,8-11,13-15H2,1H3,(H,24,26). The number of benzene rings is 2. The number of fused-ring (bicyclic) bond motifs is 1. The summed E-state index contributed by atoms with van der Waals surface area (Å²) in [5, 5.41) is 12.2. The van der Waals surface area contributed by atoms with Gasteiger partial charge in [-0.2, -0.15) is 0 Å². The molecule has 2 N–H and O–H groups in total. The highest BCUT2D eigenvalue weighted by molar-refractivity contribution is 6.30. The minimum atomic E-state index is -0.304. The van der Waals surface area contributed by atoms with Gasteiger partial charge in [0.05, 0.1) is 26.2 Å². The molecule has 2 aromatic carbocycles. The highest BCUT2D eigenvalue weighted by Gasteiger charge is 2.35. The van der Waals surface area contributed by atoms with Crippen molar-refractivity contribution in [3.63, 3.8) is 0 Å². The Morgan fingerprint density at radius 2 is 1.96 bits per heavy atom. The Morgan fingerprint density at radius 1 is 1.21 bits per heavy atom. The molecule has 150 valence electrons. The number of halogens is 1. The molecule has 6 heteroatoms. The van der Waals surface area contributed by atoms with Gasteiger partial charge < -0.3 is 19.9 Å². The van der Waals surface area contributed by atoms with Crippen molar-refractivity contribution in [2.75, 3.05) is 26.4 Å². The predicted octanol–water partition coefficient (Wildman–Crippen LogP) is 2.94. The Bertz CT molecular complexity index is 809. The zero-order valence-electron chi connectivity index (χ0n) is 16.0. The van der Waals surface area contributed by atoms with Crippen LogP contribution >= 0.6 is 11.6 Å². The van der Waals surface area contributed by atoms with Crippen molar-refractivity contribution in [3.8, 4) is 5.75 Å². The summed E-state index contributed by atoms with van der Waals surface area (Å²) in [6, 6.07) is 13.8. The number of rotatable bonds is 9. The van der Waals surface area contributed by atoms with Crippen LogP contribution in [0.5, 0.6) is 5.75 Å². The lowest BCUT2D eigenvalue weighted by atomic mass is 9.91. The van der Waals surface area contributed by atoms with Crippen LogP contribution in [0.3, 0.4) is 0 Å². The monoisotopic (exact) mass is 403 g/mol. The summed E-state index contributed by atoms with van der Waals surface area (Å²) in [6.07, 6.45) is 1.92. The van der Waals surface area contributed by atoms with Gasteiger partial charge in [0.2, 0.25) is 5.91 Å². The van der Waals surface area contributed by atoms with Gasteiger partial charge in [-0.3, -0.25) is 4.79 Å². The molecule has 1 aliphatic heterocycles. The van der Waals surface area contributed by atoms with E-state index in [1.54, 1.807) is 0 Å². The van der Waals surface area contributed by atoms with Crippen molar-refractivity contribution in [3.05, 3.63) is 64.2 Å². The third kappa shape index (κ3) is 5.71. The molecule has 0 aliphatic carbocycles. The van der Waals surface area contributed by atoms with Crippen LogP contribution in [-0.2, 0) is 28.8 Å². The molecule has 28 heavy (non-hydrogen) atoms. The Hall–Kier alpha value is -2.08. The molecular weight excluding hydrogens is 378 g/mol.